The number of nitrogens with zero attached hydrogens (tertiary/aromatic N) is 6. The van der Waals surface area contributed by atoms with E-state index < -0.39 is 0 Å². The highest BCUT2D eigenvalue weighted by Gasteiger charge is 2.24. The lowest BCUT2D eigenvalue weighted by molar-refractivity contribution is -0.132. The maximum Gasteiger partial charge on any atom is 0.409 e. The Hall–Kier alpha value is -3.37. The molecule has 5 rings (SSSR count). The molecule has 11 heteroatoms. The molecule has 2 aromatic carbocycles. The molecule has 0 N–H and O–H groups in total. The van der Waals surface area contributed by atoms with Gasteiger partial charge in [0.25, 0.3) is 0 Å². The van der Waals surface area contributed by atoms with Crippen LogP contribution in [0.15, 0.2) is 47.6 Å². The van der Waals surface area contributed by atoms with Crippen molar-refractivity contribution in [1.82, 2.24) is 29.5 Å². The molecule has 1 aliphatic rings. The van der Waals surface area contributed by atoms with Crippen molar-refractivity contribution in [3.8, 4) is 0 Å². The first kappa shape index (κ1) is 27.2. The largest absolute Gasteiger partial charge is 0.450 e. The predicted molar refractivity (Wildman–Crippen MR) is 153 cm³/mol. The summed E-state index contributed by atoms with van der Waals surface area (Å²) in [5, 5.41) is 11.3. The van der Waals surface area contributed by atoms with Crippen molar-refractivity contribution in [3.05, 3.63) is 58.6 Å². The summed E-state index contributed by atoms with van der Waals surface area (Å²) in [7, 11) is 0. The Kier molecular flexibility index (Phi) is 8.52. The topological polar surface area (TPSA) is 93.5 Å². The number of carbonyl (C=O) groups is 2. The maximum atomic E-state index is 12.7. The van der Waals surface area contributed by atoms with Gasteiger partial charge in [-0.1, -0.05) is 47.1 Å². The maximum absolute atomic E-state index is 12.7. The summed E-state index contributed by atoms with van der Waals surface area (Å²) >= 11 is 7.75. The minimum absolute atomic E-state index is 0.102. The zero-order valence-corrected chi connectivity index (χ0v) is 23.7. The van der Waals surface area contributed by atoms with Crippen LogP contribution >= 0.6 is 23.4 Å². The minimum Gasteiger partial charge on any atom is -0.450 e. The molecule has 1 saturated heterocycles. The van der Waals surface area contributed by atoms with Gasteiger partial charge in [-0.25, -0.2) is 9.78 Å². The van der Waals surface area contributed by atoms with Crippen molar-refractivity contribution in [3.63, 3.8) is 0 Å². The Bertz CT molecular complexity index is 1500. The van der Waals surface area contributed by atoms with Crippen molar-refractivity contribution < 1.29 is 14.3 Å². The van der Waals surface area contributed by atoms with Crippen molar-refractivity contribution >= 4 is 57.4 Å². The van der Waals surface area contributed by atoms with Crippen LogP contribution in [0.3, 0.4) is 0 Å². The number of halogens is 1. The fourth-order valence-corrected chi connectivity index (χ4v) is 5.73. The van der Waals surface area contributed by atoms with E-state index in [9.17, 15) is 9.59 Å². The quantitative estimate of drug-likeness (QED) is 0.215. The third kappa shape index (κ3) is 6.28. The Labute approximate surface area is 236 Å². The van der Waals surface area contributed by atoms with Crippen LogP contribution in [0.4, 0.5) is 4.79 Å². The first-order valence-electron chi connectivity index (χ1n) is 13.1. The van der Waals surface area contributed by atoms with Crippen molar-refractivity contribution in [1.29, 1.82) is 0 Å². The smallest absolute Gasteiger partial charge is 0.409 e. The number of thioether (sulfide) groups is 1. The van der Waals surface area contributed by atoms with Crippen LogP contribution in [0.1, 0.15) is 30.9 Å². The molecule has 204 valence electrons. The number of piperazine rings is 1. The van der Waals surface area contributed by atoms with E-state index in [1.54, 1.807) is 11.8 Å². The van der Waals surface area contributed by atoms with E-state index in [0.29, 0.717) is 68.1 Å². The highest BCUT2D eigenvalue weighted by Crippen LogP contribution is 2.29. The molecule has 39 heavy (non-hydrogen) atoms. The third-order valence-corrected chi connectivity index (χ3v) is 7.92. The highest BCUT2D eigenvalue weighted by atomic mass is 35.5. The van der Waals surface area contributed by atoms with Crippen LogP contribution in [0.2, 0.25) is 5.02 Å². The number of rotatable bonds is 8. The molecule has 9 nitrogen and oxygen atoms in total. The average molecular weight is 567 g/mol. The molecular weight excluding hydrogens is 536 g/mol. The van der Waals surface area contributed by atoms with E-state index in [-0.39, 0.29) is 12.0 Å². The molecule has 4 aromatic rings. The highest BCUT2D eigenvalue weighted by molar-refractivity contribution is 7.99. The molecule has 0 saturated carbocycles. The summed E-state index contributed by atoms with van der Waals surface area (Å²) in [6.07, 6.45) is 0.831. The van der Waals surface area contributed by atoms with Crippen molar-refractivity contribution in [2.45, 2.75) is 38.4 Å². The molecule has 2 aromatic heterocycles. The van der Waals surface area contributed by atoms with E-state index in [0.717, 1.165) is 33.2 Å². The van der Waals surface area contributed by atoms with Crippen LogP contribution in [0.25, 0.3) is 22.1 Å². The second-order valence-electron chi connectivity index (χ2n) is 9.52. The average Bonchev–Trinajstić information content (AvgIpc) is 3.23. The van der Waals surface area contributed by atoms with Gasteiger partial charge in [0, 0.05) is 55.3 Å². The summed E-state index contributed by atoms with van der Waals surface area (Å²) in [5.74, 6) is 0.806. The lowest BCUT2D eigenvalue weighted by Gasteiger charge is -2.34. The first-order chi connectivity index (χ1) is 18.9. The Balaban J connectivity index is 1.23. The number of aryl methyl sites for hydroxylation is 1. The zero-order chi connectivity index (χ0) is 27.4. The van der Waals surface area contributed by atoms with Gasteiger partial charge in [0.1, 0.15) is 5.52 Å². The molecule has 0 atom stereocenters. The molecule has 0 spiro atoms. The van der Waals surface area contributed by atoms with Crippen molar-refractivity contribution in [2.75, 3.05) is 38.5 Å². The van der Waals surface area contributed by atoms with E-state index in [4.69, 9.17) is 21.3 Å². The van der Waals surface area contributed by atoms with Crippen LogP contribution in [-0.2, 0) is 16.1 Å². The fourth-order valence-electron chi connectivity index (χ4n) is 4.79. The molecule has 1 fully saturated rings. The van der Waals surface area contributed by atoms with E-state index >= 15 is 0 Å². The van der Waals surface area contributed by atoms with Gasteiger partial charge in [0.2, 0.25) is 11.1 Å². The lowest BCUT2D eigenvalue weighted by Crippen LogP contribution is -2.50. The molecule has 1 aliphatic heterocycles. The van der Waals surface area contributed by atoms with Gasteiger partial charge >= 0.3 is 6.09 Å². The summed E-state index contributed by atoms with van der Waals surface area (Å²) in [6.45, 7) is 6.89. The molecule has 0 radical (unpaired) electrons. The van der Waals surface area contributed by atoms with Crippen LogP contribution < -0.4 is 0 Å². The number of carbonyl (C=O) groups excluding carboxylic acids is 2. The van der Waals surface area contributed by atoms with Crippen LogP contribution in [0, 0.1) is 6.92 Å². The summed E-state index contributed by atoms with van der Waals surface area (Å²) in [6, 6.07) is 14.1. The van der Waals surface area contributed by atoms with Crippen molar-refractivity contribution in [2.24, 2.45) is 0 Å². The number of hydrogen-bond acceptors (Lipinski definition) is 7. The monoisotopic (exact) mass is 566 g/mol. The lowest BCUT2D eigenvalue weighted by atomic mass is 10.1. The Morgan fingerprint density at radius 2 is 1.85 bits per heavy atom. The summed E-state index contributed by atoms with van der Waals surface area (Å²) in [5.41, 5.74) is 4.84. The van der Waals surface area contributed by atoms with Gasteiger partial charge in [-0.2, -0.15) is 0 Å². The van der Waals surface area contributed by atoms with Crippen LogP contribution in [0.5, 0.6) is 0 Å². The Morgan fingerprint density at radius 3 is 2.62 bits per heavy atom. The van der Waals surface area contributed by atoms with Crippen LogP contribution in [-0.4, -0.2) is 80.1 Å². The SMILES string of the molecule is CCOC(=O)N1CCN(C(=O)CCCSc2nnc3c4cc(C)ccc4n(Cc4cccc(Cl)c4)c3n2)CC1. The predicted octanol–water partition coefficient (Wildman–Crippen LogP) is 5.16. The Morgan fingerprint density at radius 1 is 1.05 bits per heavy atom. The molecule has 0 aliphatic carbocycles. The number of fused-ring (bicyclic) bond motifs is 3. The normalized spacial score (nSPS) is 13.8. The molecule has 2 amide bonds. The molecular formula is C28H31ClN6O3S. The molecule has 0 bridgehead atoms. The number of amides is 2. The second kappa shape index (κ2) is 12.2. The van der Waals surface area contributed by atoms with Gasteiger partial charge in [0.05, 0.1) is 12.1 Å². The van der Waals surface area contributed by atoms with Gasteiger partial charge in [0.15, 0.2) is 5.65 Å². The van der Waals surface area contributed by atoms with Gasteiger partial charge in [-0.05, 0) is 50.1 Å². The van der Waals surface area contributed by atoms with E-state index in [1.807, 2.05) is 23.1 Å². The number of benzene rings is 2. The second-order valence-corrected chi connectivity index (χ2v) is 11.0. The van der Waals surface area contributed by atoms with Gasteiger partial charge in [-0.3, -0.25) is 4.79 Å². The van der Waals surface area contributed by atoms with E-state index in [2.05, 4.69) is 46.0 Å². The zero-order valence-electron chi connectivity index (χ0n) is 22.1. The summed E-state index contributed by atoms with van der Waals surface area (Å²) < 4.78 is 7.21. The number of hydrogen-bond donors (Lipinski definition) is 0. The standard InChI is InChI=1S/C28H31ClN6O3S/c1-3-38-28(37)34-13-11-33(12-14-34)24(36)8-5-15-39-27-30-26-25(31-32-27)22-16-19(2)9-10-23(22)35(26)18-20-6-4-7-21(29)17-20/h4,6-7,9-10,16-17H,3,5,8,11-15,18H2,1-2H3. The molecule has 0 unspecified atom stereocenters. The van der Waals surface area contributed by atoms with E-state index in [1.165, 1.54) is 11.8 Å². The number of ether oxygens (including phenoxy) is 1. The molecule has 3 heterocycles. The summed E-state index contributed by atoms with van der Waals surface area (Å²) in [4.78, 5) is 32.9. The number of aromatic nitrogens is 4. The fraction of sp³-hybridized carbons (Fsp3) is 0.393. The third-order valence-electron chi connectivity index (χ3n) is 6.76. The minimum atomic E-state index is -0.312. The van der Waals surface area contributed by atoms with Gasteiger partial charge in [-0.15, -0.1) is 10.2 Å². The first-order valence-corrected chi connectivity index (χ1v) is 14.5. The van der Waals surface area contributed by atoms with Gasteiger partial charge < -0.3 is 19.1 Å².